The van der Waals surface area contributed by atoms with Crippen LogP contribution in [0.5, 0.6) is 0 Å². The molecule has 1 aliphatic carbocycles. The average Bonchev–Trinajstić information content (AvgIpc) is 3.14. The van der Waals surface area contributed by atoms with E-state index in [0.29, 0.717) is 48.5 Å². The molecule has 2 aromatic rings. The minimum Gasteiger partial charge on any atom is -0.391 e. The Morgan fingerprint density at radius 1 is 1.32 bits per heavy atom. The fraction of sp³-hybridized carbons (Fsp3) is 0.526. The molecule has 1 heterocycles. The largest absolute Gasteiger partial charge is 0.391 e. The molecule has 0 bridgehead atoms. The number of aliphatic hydroxyl groups excluding tert-OH is 1. The maximum absolute atomic E-state index is 12.0. The van der Waals surface area contributed by atoms with Gasteiger partial charge in [-0.05, 0) is 37.3 Å². The number of aryl methyl sites for hydroxylation is 1. The third kappa shape index (κ3) is 4.66. The molecule has 0 radical (unpaired) electrons. The molecule has 134 valence electrons. The van der Waals surface area contributed by atoms with Gasteiger partial charge in [0.15, 0.2) is 0 Å². The maximum atomic E-state index is 12.0. The molecule has 1 amide bonds. The van der Waals surface area contributed by atoms with Gasteiger partial charge in [-0.25, -0.2) is 4.98 Å². The first-order valence-corrected chi connectivity index (χ1v) is 9.06. The fourth-order valence-electron chi connectivity index (χ4n) is 3.49. The normalized spacial score (nSPS) is 16.2. The third-order valence-corrected chi connectivity index (χ3v) is 4.93. The zero-order chi connectivity index (χ0) is 17.6. The van der Waals surface area contributed by atoms with E-state index in [1.54, 1.807) is 6.07 Å². The highest BCUT2D eigenvalue weighted by Gasteiger charge is 2.23. The summed E-state index contributed by atoms with van der Waals surface area (Å²) in [6.45, 7) is 0.328. The summed E-state index contributed by atoms with van der Waals surface area (Å²) in [5.41, 5.74) is 0.523. The number of para-hydroxylation sites is 1. The Balaban J connectivity index is 1.44. The van der Waals surface area contributed by atoms with Crippen LogP contribution in [0.3, 0.4) is 0 Å². The molecule has 6 heteroatoms. The lowest BCUT2D eigenvalue weighted by Crippen LogP contribution is -2.35. The summed E-state index contributed by atoms with van der Waals surface area (Å²) >= 11 is 0. The van der Waals surface area contributed by atoms with Crippen molar-refractivity contribution in [3.8, 4) is 0 Å². The van der Waals surface area contributed by atoms with Gasteiger partial charge in [0.1, 0.15) is 5.82 Å². The molecule has 25 heavy (non-hydrogen) atoms. The van der Waals surface area contributed by atoms with Crippen molar-refractivity contribution in [3.63, 3.8) is 0 Å². The molecule has 0 unspecified atom stereocenters. The minimum atomic E-state index is -0.440. The van der Waals surface area contributed by atoms with Crippen LogP contribution in [-0.2, 0) is 11.2 Å². The number of hydrogen-bond acceptors (Lipinski definition) is 4. The van der Waals surface area contributed by atoms with Crippen molar-refractivity contribution < 1.29 is 9.90 Å². The van der Waals surface area contributed by atoms with Gasteiger partial charge in [-0.2, -0.15) is 0 Å². The molecule has 6 nitrogen and oxygen atoms in total. The van der Waals surface area contributed by atoms with Gasteiger partial charge < -0.3 is 15.4 Å². The number of H-pyrrole nitrogens is 1. The van der Waals surface area contributed by atoms with Crippen LogP contribution in [0.15, 0.2) is 29.1 Å². The molecule has 1 atom stereocenters. The molecule has 0 saturated heterocycles. The van der Waals surface area contributed by atoms with Crippen molar-refractivity contribution in [2.45, 2.75) is 51.0 Å². The van der Waals surface area contributed by atoms with Crippen LogP contribution in [-0.4, -0.2) is 33.6 Å². The van der Waals surface area contributed by atoms with Crippen LogP contribution < -0.4 is 10.9 Å². The van der Waals surface area contributed by atoms with Crippen LogP contribution in [0.2, 0.25) is 0 Å². The van der Waals surface area contributed by atoms with Crippen molar-refractivity contribution in [2.75, 3.05) is 6.54 Å². The second-order valence-electron chi connectivity index (χ2n) is 6.80. The number of nitrogens with zero attached hydrogens (tertiary/aromatic N) is 1. The molecular formula is C19H25N3O3. The van der Waals surface area contributed by atoms with Gasteiger partial charge in [-0.15, -0.1) is 0 Å². The van der Waals surface area contributed by atoms with Gasteiger partial charge in [0, 0.05) is 19.4 Å². The Labute approximate surface area is 146 Å². The lowest BCUT2D eigenvalue weighted by atomic mass is 10.0. The van der Waals surface area contributed by atoms with Gasteiger partial charge in [-0.1, -0.05) is 25.0 Å². The summed E-state index contributed by atoms with van der Waals surface area (Å²) < 4.78 is 0. The first-order valence-electron chi connectivity index (χ1n) is 9.06. The highest BCUT2D eigenvalue weighted by Crippen LogP contribution is 2.27. The molecule has 1 aromatic heterocycles. The quantitative estimate of drug-likeness (QED) is 0.716. The summed E-state index contributed by atoms with van der Waals surface area (Å²) in [5, 5.41) is 13.4. The highest BCUT2D eigenvalue weighted by molar-refractivity contribution is 5.77. The van der Waals surface area contributed by atoms with E-state index in [2.05, 4.69) is 15.3 Å². The number of aromatic amines is 1. The third-order valence-electron chi connectivity index (χ3n) is 4.93. The number of aromatic nitrogens is 2. The highest BCUT2D eigenvalue weighted by atomic mass is 16.3. The smallest absolute Gasteiger partial charge is 0.258 e. The van der Waals surface area contributed by atoms with Crippen LogP contribution in [0.4, 0.5) is 0 Å². The lowest BCUT2D eigenvalue weighted by Gasteiger charge is -2.18. The van der Waals surface area contributed by atoms with Crippen molar-refractivity contribution >= 4 is 16.8 Å². The maximum Gasteiger partial charge on any atom is 0.258 e. The lowest BCUT2D eigenvalue weighted by molar-refractivity contribution is -0.121. The monoisotopic (exact) mass is 343 g/mol. The molecular weight excluding hydrogens is 318 g/mol. The van der Waals surface area contributed by atoms with Crippen LogP contribution in [0.1, 0.15) is 44.3 Å². The van der Waals surface area contributed by atoms with Crippen molar-refractivity contribution in [1.82, 2.24) is 15.3 Å². The number of carbonyl (C=O) groups excluding carboxylic acids is 1. The summed E-state index contributed by atoms with van der Waals surface area (Å²) in [6.07, 6.45) is 5.51. The van der Waals surface area contributed by atoms with E-state index in [9.17, 15) is 14.7 Å². The van der Waals surface area contributed by atoms with Crippen molar-refractivity contribution in [3.05, 3.63) is 40.4 Å². The number of hydrogen-bond donors (Lipinski definition) is 3. The van der Waals surface area contributed by atoms with E-state index in [-0.39, 0.29) is 11.5 Å². The Morgan fingerprint density at radius 3 is 2.88 bits per heavy atom. The second kappa shape index (κ2) is 8.25. The first kappa shape index (κ1) is 17.6. The molecule has 0 aliphatic heterocycles. The fourth-order valence-corrected chi connectivity index (χ4v) is 3.49. The molecule has 3 rings (SSSR count). The zero-order valence-electron chi connectivity index (χ0n) is 14.3. The summed E-state index contributed by atoms with van der Waals surface area (Å²) in [5.74, 6) is 0.856. The minimum absolute atomic E-state index is 0.0693. The summed E-state index contributed by atoms with van der Waals surface area (Å²) in [4.78, 5) is 31.1. The van der Waals surface area contributed by atoms with E-state index in [1.165, 1.54) is 12.8 Å². The molecule has 1 aromatic carbocycles. The summed E-state index contributed by atoms with van der Waals surface area (Å²) in [7, 11) is 0. The van der Waals surface area contributed by atoms with Gasteiger partial charge in [0.25, 0.3) is 5.56 Å². The van der Waals surface area contributed by atoms with Crippen molar-refractivity contribution in [2.24, 2.45) is 5.92 Å². The number of rotatable bonds is 7. The molecule has 1 saturated carbocycles. The van der Waals surface area contributed by atoms with Gasteiger partial charge >= 0.3 is 0 Å². The van der Waals surface area contributed by atoms with Crippen LogP contribution >= 0.6 is 0 Å². The first-order chi connectivity index (χ1) is 12.1. The predicted molar refractivity (Wildman–Crippen MR) is 96.3 cm³/mol. The Kier molecular flexibility index (Phi) is 5.81. The van der Waals surface area contributed by atoms with Crippen molar-refractivity contribution in [1.29, 1.82) is 0 Å². The van der Waals surface area contributed by atoms with E-state index in [1.807, 2.05) is 18.2 Å². The number of benzene rings is 1. The number of amides is 1. The average molecular weight is 343 g/mol. The molecule has 1 fully saturated rings. The Hall–Kier alpha value is -2.21. The number of nitrogens with one attached hydrogen (secondary N) is 2. The van der Waals surface area contributed by atoms with Gasteiger partial charge in [0.2, 0.25) is 5.91 Å². The molecule has 0 spiro atoms. The Bertz CT molecular complexity index is 781. The predicted octanol–water partition coefficient (Wildman–Crippen LogP) is 1.91. The van der Waals surface area contributed by atoms with Crippen LogP contribution in [0.25, 0.3) is 10.9 Å². The SMILES string of the molecule is O=C(CCCc1nc2ccccc2c(=O)[nH]1)NC[C@H](O)C1CCCC1. The molecule has 1 aliphatic rings. The van der Waals surface area contributed by atoms with Gasteiger partial charge in [0.05, 0.1) is 17.0 Å². The van der Waals surface area contributed by atoms with E-state index in [4.69, 9.17) is 0 Å². The number of fused-ring (bicyclic) bond motifs is 1. The number of aliphatic hydroxyl groups is 1. The zero-order valence-corrected chi connectivity index (χ0v) is 14.3. The van der Waals surface area contributed by atoms with E-state index >= 15 is 0 Å². The second-order valence-corrected chi connectivity index (χ2v) is 6.80. The topological polar surface area (TPSA) is 95.1 Å². The van der Waals surface area contributed by atoms with E-state index < -0.39 is 6.10 Å². The Morgan fingerprint density at radius 2 is 2.08 bits per heavy atom. The van der Waals surface area contributed by atoms with Gasteiger partial charge in [-0.3, -0.25) is 9.59 Å². The standard InChI is InChI=1S/C19H25N3O3/c23-16(13-6-1-2-7-13)12-20-18(24)11-5-10-17-21-15-9-4-3-8-14(15)19(25)22-17/h3-4,8-9,13,16,23H,1-2,5-7,10-12H2,(H,20,24)(H,21,22,25)/t16-/m0/s1. The number of carbonyl (C=O) groups is 1. The van der Waals surface area contributed by atoms with E-state index in [0.717, 1.165) is 12.8 Å². The molecule has 3 N–H and O–H groups in total. The summed E-state index contributed by atoms with van der Waals surface area (Å²) in [6, 6.07) is 7.21. The van der Waals surface area contributed by atoms with Crippen LogP contribution in [0, 0.1) is 5.92 Å².